The average Bonchev–Trinajstić information content (AvgIpc) is 2.79. The van der Waals surface area contributed by atoms with Crippen LogP contribution in [0.15, 0.2) is 12.1 Å². The number of ether oxygens (including phenoxy) is 1. The second-order valence-electron chi connectivity index (χ2n) is 5.67. The molecule has 1 saturated carbocycles. The molecular formula is C15H23FN2O. The van der Waals surface area contributed by atoms with Gasteiger partial charge in [0, 0.05) is 18.7 Å². The highest BCUT2D eigenvalue weighted by Gasteiger charge is 2.28. The molecule has 106 valence electrons. The molecule has 1 aromatic carbocycles. The van der Waals surface area contributed by atoms with Crippen LogP contribution < -0.4 is 15.8 Å². The van der Waals surface area contributed by atoms with E-state index in [1.54, 1.807) is 6.07 Å². The fourth-order valence-electron chi connectivity index (χ4n) is 2.70. The Bertz CT molecular complexity index is 442. The predicted molar refractivity (Wildman–Crippen MR) is 77.0 cm³/mol. The van der Waals surface area contributed by atoms with Crippen LogP contribution in [0.25, 0.3) is 0 Å². The molecule has 2 rings (SSSR count). The maximum Gasteiger partial charge on any atom is 0.167 e. The SMILES string of the molecule is CCOc1cc(NCC2(C)CCCC2)c(N)cc1F. The quantitative estimate of drug-likeness (QED) is 0.797. The summed E-state index contributed by atoms with van der Waals surface area (Å²) in [5.41, 5.74) is 7.38. The third-order valence-electron chi connectivity index (χ3n) is 3.92. The molecule has 0 unspecified atom stereocenters. The fourth-order valence-corrected chi connectivity index (χ4v) is 2.70. The maximum atomic E-state index is 13.6. The van der Waals surface area contributed by atoms with Crippen LogP contribution in [0, 0.1) is 11.2 Å². The van der Waals surface area contributed by atoms with Crippen molar-refractivity contribution in [1.82, 2.24) is 0 Å². The number of nitrogen functional groups attached to an aromatic ring is 1. The third kappa shape index (κ3) is 3.31. The van der Waals surface area contributed by atoms with Crippen molar-refractivity contribution in [3.05, 3.63) is 17.9 Å². The van der Waals surface area contributed by atoms with Gasteiger partial charge in [0.25, 0.3) is 0 Å². The molecule has 1 fully saturated rings. The van der Waals surface area contributed by atoms with Gasteiger partial charge in [0.1, 0.15) is 0 Å². The molecule has 0 aliphatic heterocycles. The van der Waals surface area contributed by atoms with Crippen molar-refractivity contribution in [3.63, 3.8) is 0 Å². The lowest BCUT2D eigenvalue weighted by Gasteiger charge is -2.25. The maximum absolute atomic E-state index is 13.6. The number of halogens is 1. The molecule has 1 aromatic rings. The van der Waals surface area contributed by atoms with E-state index in [0.717, 1.165) is 12.2 Å². The monoisotopic (exact) mass is 266 g/mol. The van der Waals surface area contributed by atoms with Crippen molar-refractivity contribution in [1.29, 1.82) is 0 Å². The molecule has 0 aromatic heterocycles. The summed E-state index contributed by atoms with van der Waals surface area (Å²) < 4.78 is 18.9. The summed E-state index contributed by atoms with van der Waals surface area (Å²) in [6.07, 6.45) is 5.06. The van der Waals surface area contributed by atoms with Gasteiger partial charge in [0.15, 0.2) is 11.6 Å². The highest BCUT2D eigenvalue weighted by Crippen LogP contribution is 2.38. The minimum Gasteiger partial charge on any atom is -0.491 e. The van der Waals surface area contributed by atoms with E-state index in [1.165, 1.54) is 31.7 Å². The first-order valence-corrected chi connectivity index (χ1v) is 7.00. The highest BCUT2D eigenvalue weighted by molar-refractivity contribution is 5.68. The molecule has 0 saturated heterocycles. The smallest absolute Gasteiger partial charge is 0.167 e. The third-order valence-corrected chi connectivity index (χ3v) is 3.92. The summed E-state index contributed by atoms with van der Waals surface area (Å²) in [5, 5.41) is 3.35. The van der Waals surface area contributed by atoms with Gasteiger partial charge in [-0.1, -0.05) is 19.8 Å². The highest BCUT2D eigenvalue weighted by atomic mass is 19.1. The van der Waals surface area contributed by atoms with Crippen molar-refractivity contribution in [3.8, 4) is 5.75 Å². The number of hydrogen-bond acceptors (Lipinski definition) is 3. The van der Waals surface area contributed by atoms with Gasteiger partial charge in [-0.05, 0) is 25.2 Å². The van der Waals surface area contributed by atoms with E-state index in [0.29, 0.717) is 17.7 Å². The Labute approximate surface area is 114 Å². The molecule has 4 heteroatoms. The Morgan fingerprint density at radius 2 is 2.05 bits per heavy atom. The minimum atomic E-state index is -0.406. The summed E-state index contributed by atoms with van der Waals surface area (Å²) in [5.74, 6) is -0.146. The molecule has 0 amide bonds. The van der Waals surface area contributed by atoms with Gasteiger partial charge >= 0.3 is 0 Å². The number of benzene rings is 1. The summed E-state index contributed by atoms with van der Waals surface area (Å²) in [4.78, 5) is 0. The zero-order valence-electron chi connectivity index (χ0n) is 11.8. The Balaban J connectivity index is 2.08. The van der Waals surface area contributed by atoms with E-state index in [-0.39, 0.29) is 5.75 Å². The summed E-state index contributed by atoms with van der Waals surface area (Å²) >= 11 is 0. The topological polar surface area (TPSA) is 47.3 Å². The first-order valence-electron chi connectivity index (χ1n) is 7.00. The molecule has 0 spiro atoms. The van der Waals surface area contributed by atoms with Gasteiger partial charge in [-0.15, -0.1) is 0 Å². The van der Waals surface area contributed by atoms with Crippen LogP contribution in [0.1, 0.15) is 39.5 Å². The second kappa shape index (κ2) is 5.68. The van der Waals surface area contributed by atoms with E-state index in [2.05, 4.69) is 12.2 Å². The lowest BCUT2D eigenvalue weighted by molar-refractivity contribution is 0.321. The molecule has 0 radical (unpaired) electrons. The number of nitrogens with two attached hydrogens (primary N) is 1. The molecule has 19 heavy (non-hydrogen) atoms. The van der Waals surface area contributed by atoms with Gasteiger partial charge in [0.05, 0.1) is 18.0 Å². The number of hydrogen-bond donors (Lipinski definition) is 2. The number of rotatable bonds is 5. The predicted octanol–water partition coefficient (Wildman–Crippen LogP) is 3.80. The molecule has 1 aliphatic rings. The van der Waals surface area contributed by atoms with E-state index >= 15 is 0 Å². The van der Waals surface area contributed by atoms with Gasteiger partial charge in [-0.25, -0.2) is 4.39 Å². The van der Waals surface area contributed by atoms with Crippen molar-refractivity contribution in [2.75, 3.05) is 24.2 Å². The summed E-state index contributed by atoms with van der Waals surface area (Å²) in [6, 6.07) is 2.98. The molecule has 3 nitrogen and oxygen atoms in total. The lowest BCUT2D eigenvalue weighted by atomic mass is 9.89. The molecular weight excluding hydrogens is 243 g/mol. The van der Waals surface area contributed by atoms with E-state index in [1.807, 2.05) is 6.92 Å². The van der Waals surface area contributed by atoms with Crippen LogP contribution in [0.3, 0.4) is 0 Å². The Morgan fingerprint density at radius 3 is 2.68 bits per heavy atom. The second-order valence-corrected chi connectivity index (χ2v) is 5.67. The normalized spacial score (nSPS) is 17.4. The van der Waals surface area contributed by atoms with Crippen LogP contribution in [0.4, 0.5) is 15.8 Å². The fraction of sp³-hybridized carbons (Fsp3) is 0.600. The number of nitrogens with one attached hydrogen (secondary N) is 1. The summed E-state index contributed by atoms with van der Waals surface area (Å²) in [6.45, 7) is 5.44. The lowest BCUT2D eigenvalue weighted by Crippen LogP contribution is -2.23. The number of anilines is 2. The average molecular weight is 266 g/mol. The Hall–Kier alpha value is -1.45. The van der Waals surface area contributed by atoms with E-state index in [9.17, 15) is 4.39 Å². The van der Waals surface area contributed by atoms with Crippen LogP contribution >= 0.6 is 0 Å². The molecule has 0 heterocycles. The zero-order chi connectivity index (χ0) is 13.9. The minimum absolute atomic E-state index is 0.260. The molecule has 3 N–H and O–H groups in total. The van der Waals surface area contributed by atoms with Gasteiger partial charge < -0.3 is 15.8 Å². The van der Waals surface area contributed by atoms with Gasteiger partial charge in [-0.2, -0.15) is 0 Å². The molecule has 0 atom stereocenters. The van der Waals surface area contributed by atoms with E-state index in [4.69, 9.17) is 10.5 Å². The Kier molecular flexibility index (Phi) is 4.17. The molecule has 0 bridgehead atoms. The van der Waals surface area contributed by atoms with Crippen molar-refractivity contribution >= 4 is 11.4 Å². The van der Waals surface area contributed by atoms with Crippen LogP contribution in [0.2, 0.25) is 0 Å². The van der Waals surface area contributed by atoms with Crippen LogP contribution in [-0.2, 0) is 0 Å². The van der Waals surface area contributed by atoms with Crippen molar-refractivity contribution in [2.24, 2.45) is 5.41 Å². The van der Waals surface area contributed by atoms with Gasteiger partial charge in [0.2, 0.25) is 0 Å². The Morgan fingerprint density at radius 1 is 1.37 bits per heavy atom. The standard InChI is InChI=1S/C15H23FN2O/c1-3-19-14-9-13(12(17)8-11(14)16)18-10-15(2)6-4-5-7-15/h8-9,18H,3-7,10,17H2,1-2H3. The zero-order valence-corrected chi connectivity index (χ0v) is 11.8. The first kappa shape index (κ1) is 14.0. The van der Waals surface area contributed by atoms with Crippen molar-refractivity contribution < 1.29 is 9.13 Å². The van der Waals surface area contributed by atoms with Crippen LogP contribution in [-0.4, -0.2) is 13.2 Å². The van der Waals surface area contributed by atoms with Crippen LogP contribution in [0.5, 0.6) is 5.75 Å². The van der Waals surface area contributed by atoms with Crippen molar-refractivity contribution in [2.45, 2.75) is 39.5 Å². The molecule has 1 aliphatic carbocycles. The van der Waals surface area contributed by atoms with E-state index < -0.39 is 5.82 Å². The first-order chi connectivity index (χ1) is 9.04. The largest absolute Gasteiger partial charge is 0.491 e. The summed E-state index contributed by atoms with van der Waals surface area (Å²) in [7, 11) is 0. The van der Waals surface area contributed by atoms with Gasteiger partial charge in [-0.3, -0.25) is 0 Å².